The number of anilines is 2. The molecule has 0 aliphatic heterocycles. The van der Waals surface area contributed by atoms with Crippen molar-refractivity contribution in [2.75, 3.05) is 10.6 Å². The van der Waals surface area contributed by atoms with Crippen LogP contribution in [0.5, 0.6) is 0 Å². The number of amides is 2. The van der Waals surface area contributed by atoms with Gasteiger partial charge in [-0.2, -0.15) is 5.10 Å². The van der Waals surface area contributed by atoms with Crippen LogP contribution in [0.25, 0.3) is 17.2 Å². The van der Waals surface area contributed by atoms with Gasteiger partial charge in [0.05, 0.1) is 22.5 Å². The van der Waals surface area contributed by atoms with E-state index in [0.717, 1.165) is 15.1 Å². The van der Waals surface area contributed by atoms with Crippen LogP contribution in [0.2, 0.25) is 0 Å². The summed E-state index contributed by atoms with van der Waals surface area (Å²) in [6.07, 6.45) is 8.45. The van der Waals surface area contributed by atoms with E-state index in [-0.39, 0.29) is 4.90 Å². The van der Waals surface area contributed by atoms with Gasteiger partial charge >= 0.3 is 6.09 Å². The molecule has 0 unspecified atom stereocenters. The fourth-order valence-corrected chi connectivity index (χ4v) is 4.88. The Bertz CT molecular complexity index is 1640. The highest BCUT2D eigenvalue weighted by Gasteiger charge is 2.19. The molecule has 4 aromatic rings. The SMILES string of the molecule is Cn1cc(-c2cccc(S(=O)(=O)n3ccc(C=CC(=O)Nc4ccccc4NC(=O)OC(C)(C)C)c3)c2)cn1. The number of benzene rings is 2. The number of para-hydroxylation sites is 2. The predicted molar refractivity (Wildman–Crippen MR) is 150 cm³/mol. The molecular formula is C28H29N5O5S. The number of aromatic nitrogens is 3. The largest absolute Gasteiger partial charge is 0.444 e. The van der Waals surface area contributed by atoms with E-state index in [4.69, 9.17) is 4.74 Å². The number of nitrogens with zero attached hydrogens (tertiary/aromatic N) is 3. The second-order valence-corrected chi connectivity index (χ2v) is 11.5. The topological polar surface area (TPSA) is 124 Å². The van der Waals surface area contributed by atoms with Crippen molar-refractivity contribution in [1.29, 1.82) is 0 Å². The van der Waals surface area contributed by atoms with Gasteiger partial charge in [0, 0.05) is 37.3 Å². The summed E-state index contributed by atoms with van der Waals surface area (Å²) in [6, 6.07) is 14.9. The lowest BCUT2D eigenvalue weighted by atomic mass is 10.1. The molecule has 2 heterocycles. The van der Waals surface area contributed by atoms with E-state index in [1.807, 2.05) is 6.07 Å². The van der Waals surface area contributed by atoms with Crippen molar-refractivity contribution < 1.29 is 22.7 Å². The monoisotopic (exact) mass is 547 g/mol. The first-order valence-corrected chi connectivity index (χ1v) is 13.5. The number of ether oxygens (including phenoxy) is 1. The van der Waals surface area contributed by atoms with Crippen LogP contribution < -0.4 is 10.6 Å². The molecule has 4 rings (SSSR count). The van der Waals surface area contributed by atoms with Crippen molar-refractivity contribution in [3.05, 3.63) is 91.0 Å². The summed E-state index contributed by atoms with van der Waals surface area (Å²) in [7, 11) is -2.07. The van der Waals surface area contributed by atoms with Gasteiger partial charge in [-0.3, -0.25) is 14.8 Å². The Morgan fingerprint density at radius 3 is 2.33 bits per heavy atom. The highest BCUT2D eigenvalue weighted by atomic mass is 32.2. The summed E-state index contributed by atoms with van der Waals surface area (Å²) < 4.78 is 34.5. The molecule has 0 fully saturated rings. The molecular weight excluding hydrogens is 518 g/mol. The molecule has 2 aromatic heterocycles. The number of nitrogens with one attached hydrogen (secondary N) is 2. The summed E-state index contributed by atoms with van der Waals surface area (Å²) >= 11 is 0. The Kier molecular flexibility index (Phi) is 7.73. The Hall–Kier alpha value is -4.64. The quantitative estimate of drug-likeness (QED) is 0.309. The fourth-order valence-electron chi connectivity index (χ4n) is 3.63. The minimum absolute atomic E-state index is 0.127. The lowest BCUT2D eigenvalue weighted by Gasteiger charge is -2.20. The van der Waals surface area contributed by atoms with Crippen LogP contribution in [-0.4, -0.2) is 39.8 Å². The Morgan fingerprint density at radius 2 is 1.67 bits per heavy atom. The highest BCUT2D eigenvalue weighted by molar-refractivity contribution is 7.90. The molecule has 10 nitrogen and oxygen atoms in total. The van der Waals surface area contributed by atoms with Gasteiger partial charge in [-0.25, -0.2) is 17.2 Å². The molecule has 0 bridgehead atoms. The maximum absolute atomic E-state index is 13.2. The Balaban J connectivity index is 1.45. The van der Waals surface area contributed by atoms with E-state index in [1.165, 1.54) is 30.6 Å². The van der Waals surface area contributed by atoms with E-state index >= 15 is 0 Å². The Morgan fingerprint density at radius 1 is 0.949 bits per heavy atom. The molecule has 39 heavy (non-hydrogen) atoms. The molecule has 0 saturated carbocycles. The number of hydrogen-bond acceptors (Lipinski definition) is 6. The van der Waals surface area contributed by atoms with E-state index in [0.29, 0.717) is 16.9 Å². The van der Waals surface area contributed by atoms with Crippen LogP contribution in [-0.2, 0) is 26.6 Å². The Labute approximate surface area is 227 Å². The van der Waals surface area contributed by atoms with Crippen LogP contribution in [0.4, 0.5) is 16.2 Å². The van der Waals surface area contributed by atoms with Crippen molar-refractivity contribution in [3.8, 4) is 11.1 Å². The fraction of sp³-hybridized carbons (Fsp3) is 0.179. The first-order chi connectivity index (χ1) is 18.4. The van der Waals surface area contributed by atoms with Crippen LogP contribution in [0.15, 0.2) is 90.4 Å². The summed E-state index contributed by atoms with van der Waals surface area (Å²) in [6.45, 7) is 5.26. The van der Waals surface area contributed by atoms with E-state index in [9.17, 15) is 18.0 Å². The molecule has 2 N–H and O–H groups in total. The van der Waals surface area contributed by atoms with Gasteiger partial charge in [-0.05, 0) is 68.3 Å². The second kappa shape index (κ2) is 11.0. The normalized spacial score (nSPS) is 11.9. The molecule has 0 saturated heterocycles. The second-order valence-electron chi connectivity index (χ2n) is 9.71. The van der Waals surface area contributed by atoms with Crippen molar-refractivity contribution in [3.63, 3.8) is 0 Å². The molecule has 2 amide bonds. The molecule has 11 heteroatoms. The summed E-state index contributed by atoms with van der Waals surface area (Å²) in [5, 5.41) is 9.47. The average molecular weight is 548 g/mol. The molecule has 202 valence electrons. The van der Waals surface area contributed by atoms with Gasteiger partial charge < -0.3 is 10.1 Å². The zero-order valence-corrected chi connectivity index (χ0v) is 22.8. The van der Waals surface area contributed by atoms with Gasteiger partial charge in [0.2, 0.25) is 5.91 Å². The number of carbonyl (C=O) groups is 2. The third kappa shape index (κ3) is 7.02. The van der Waals surface area contributed by atoms with Gasteiger partial charge in [0.25, 0.3) is 10.0 Å². The van der Waals surface area contributed by atoms with Gasteiger partial charge in [-0.1, -0.05) is 24.3 Å². The van der Waals surface area contributed by atoms with Crippen molar-refractivity contribution in [1.82, 2.24) is 13.8 Å². The highest BCUT2D eigenvalue weighted by Crippen LogP contribution is 2.24. The summed E-state index contributed by atoms with van der Waals surface area (Å²) in [5.41, 5.74) is 2.13. The maximum atomic E-state index is 13.2. The first kappa shape index (κ1) is 27.4. The molecule has 0 spiro atoms. The zero-order valence-electron chi connectivity index (χ0n) is 22.0. The third-order valence-electron chi connectivity index (χ3n) is 5.39. The van der Waals surface area contributed by atoms with Crippen molar-refractivity contribution in [2.45, 2.75) is 31.3 Å². The van der Waals surface area contributed by atoms with Crippen molar-refractivity contribution in [2.24, 2.45) is 7.05 Å². The minimum Gasteiger partial charge on any atom is -0.444 e. The molecule has 0 radical (unpaired) electrons. The van der Waals surface area contributed by atoms with E-state index in [1.54, 1.807) is 87.4 Å². The number of rotatable bonds is 7. The lowest BCUT2D eigenvalue weighted by Crippen LogP contribution is -2.27. The molecule has 0 aliphatic carbocycles. The van der Waals surface area contributed by atoms with Crippen LogP contribution >= 0.6 is 0 Å². The molecule has 2 aromatic carbocycles. The van der Waals surface area contributed by atoms with Gasteiger partial charge in [0.1, 0.15) is 5.60 Å². The third-order valence-corrected chi connectivity index (χ3v) is 7.02. The average Bonchev–Trinajstić information content (AvgIpc) is 3.53. The number of carbonyl (C=O) groups excluding carboxylic acids is 2. The minimum atomic E-state index is -3.86. The van der Waals surface area contributed by atoms with E-state index in [2.05, 4.69) is 15.7 Å². The number of aryl methyl sites for hydroxylation is 1. The zero-order chi connectivity index (χ0) is 28.2. The predicted octanol–water partition coefficient (Wildman–Crippen LogP) is 5.12. The smallest absolute Gasteiger partial charge is 0.412 e. The van der Waals surface area contributed by atoms with Crippen LogP contribution in [0.3, 0.4) is 0 Å². The molecule has 0 aliphatic rings. The standard InChI is InChI=1S/C28H29N5O5S/c1-28(2,3)38-27(35)31-25-11-6-5-10-24(25)30-26(34)13-12-20-14-15-33(18-20)39(36,37)23-9-7-8-21(16-23)22-17-29-32(4)19-22/h5-19H,1-4H3,(H,30,34)(H,31,35). The molecule has 0 atom stereocenters. The summed E-state index contributed by atoms with van der Waals surface area (Å²) in [5.74, 6) is -0.465. The van der Waals surface area contributed by atoms with Gasteiger partial charge in [0.15, 0.2) is 0 Å². The summed E-state index contributed by atoms with van der Waals surface area (Å²) in [4.78, 5) is 24.8. The number of hydrogen-bond donors (Lipinski definition) is 2. The first-order valence-electron chi connectivity index (χ1n) is 12.0. The lowest BCUT2D eigenvalue weighted by molar-refractivity contribution is -0.111. The van der Waals surface area contributed by atoms with E-state index < -0.39 is 27.6 Å². The van der Waals surface area contributed by atoms with Gasteiger partial charge in [-0.15, -0.1) is 0 Å². The van der Waals surface area contributed by atoms with Crippen LogP contribution in [0.1, 0.15) is 26.3 Å². The van der Waals surface area contributed by atoms with Crippen LogP contribution in [0, 0.1) is 0 Å². The maximum Gasteiger partial charge on any atom is 0.412 e. The van der Waals surface area contributed by atoms with Crippen molar-refractivity contribution >= 4 is 39.5 Å².